The molecule has 21 heavy (non-hydrogen) atoms. The second-order valence-electron chi connectivity index (χ2n) is 4.63. The Hall–Kier alpha value is -1.86. The van der Waals surface area contributed by atoms with Crippen molar-refractivity contribution in [1.29, 1.82) is 0 Å². The molecule has 0 aliphatic rings. The van der Waals surface area contributed by atoms with E-state index in [-0.39, 0.29) is 17.9 Å². The zero-order valence-corrected chi connectivity index (χ0v) is 12.1. The summed E-state index contributed by atoms with van der Waals surface area (Å²) in [5, 5.41) is 14.8. The van der Waals surface area contributed by atoms with Crippen molar-refractivity contribution in [3.8, 4) is 11.3 Å². The smallest absolute Gasteiger partial charge is 0.213 e. The van der Waals surface area contributed by atoms with E-state index in [4.69, 9.17) is 0 Å². The number of fused-ring (bicyclic) bond motifs is 1. The summed E-state index contributed by atoms with van der Waals surface area (Å²) >= 11 is 1.39. The van der Waals surface area contributed by atoms with Gasteiger partial charge >= 0.3 is 0 Å². The molecular weight excluding hydrogens is 296 g/mol. The normalized spacial score (nSPS) is 11.4. The van der Waals surface area contributed by atoms with Crippen molar-refractivity contribution in [1.82, 2.24) is 14.6 Å². The molecule has 0 radical (unpaired) electrons. The lowest BCUT2D eigenvalue weighted by Gasteiger charge is -2.02. The highest BCUT2D eigenvalue weighted by atomic mass is 32.1. The first-order valence-electron chi connectivity index (χ1n) is 6.57. The van der Waals surface area contributed by atoms with E-state index in [9.17, 15) is 13.9 Å². The third-order valence-electron chi connectivity index (χ3n) is 3.14. The van der Waals surface area contributed by atoms with Gasteiger partial charge in [0.05, 0.1) is 12.3 Å². The third kappa shape index (κ3) is 2.43. The topological polar surface area (TPSA) is 50.4 Å². The number of imidazole rings is 1. The maximum Gasteiger partial charge on any atom is 0.213 e. The average Bonchev–Trinajstić information content (AvgIpc) is 2.98. The first-order valence-corrected chi connectivity index (χ1v) is 7.39. The van der Waals surface area contributed by atoms with Crippen LogP contribution in [0.1, 0.15) is 24.0 Å². The number of hydrogen-bond donors (Lipinski definition) is 1. The number of rotatable bonds is 4. The molecule has 1 aromatic carbocycles. The van der Waals surface area contributed by atoms with Crippen molar-refractivity contribution < 1.29 is 13.9 Å². The van der Waals surface area contributed by atoms with Gasteiger partial charge in [0.25, 0.3) is 0 Å². The molecular formula is C14H13F2N3OS. The number of nitrogens with zero attached hydrogens (tertiary/aromatic N) is 3. The fourth-order valence-corrected chi connectivity index (χ4v) is 3.20. The molecule has 0 aliphatic heterocycles. The van der Waals surface area contributed by atoms with Crippen molar-refractivity contribution in [3.63, 3.8) is 0 Å². The summed E-state index contributed by atoms with van der Waals surface area (Å²) in [6.45, 7) is 1.70. The van der Waals surface area contributed by atoms with E-state index in [1.807, 2.05) is 6.92 Å². The second kappa shape index (κ2) is 5.50. The molecule has 110 valence electrons. The Morgan fingerprint density at radius 1 is 1.33 bits per heavy atom. The van der Waals surface area contributed by atoms with Crippen LogP contribution in [-0.2, 0) is 13.0 Å². The number of aliphatic hydroxyl groups excluding tert-OH is 1. The largest absolute Gasteiger partial charge is 0.390 e. The molecule has 0 unspecified atom stereocenters. The summed E-state index contributed by atoms with van der Waals surface area (Å²) in [7, 11) is 0. The zero-order chi connectivity index (χ0) is 15.0. The molecule has 0 saturated carbocycles. The van der Waals surface area contributed by atoms with Crippen molar-refractivity contribution in [2.24, 2.45) is 0 Å². The van der Waals surface area contributed by atoms with E-state index in [1.165, 1.54) is 15.9 Å². The lowest BCUT2D eigenvalue weighted by molar-refractivity contribution is 0.275. The Morgan fingerprint density at radius 2 is 2.14 bits per heavy atom. The van der Waals surface area contributed by atoms with Crippen LogP contribution in [0.5, 0.6) is 0 Å². The number of aliphatic hydroxyl groups is 1. The number of aryl methyl sites for hydroxylation is 1. The Balaban J connectivity index is 2.18. The molecule has 0 bridgehead atoms. The van der Waals surface area contributed by atoms with Crippen molar-refractivity contribution >= 4 is 16.3 Å². The molecule has 0 fully saturated rings. The lowest BCUT2D eigenvalue weighted by atomic mass is 10.1. The maximum absolute atomic E-state index is 13.9. The Bertz CT molecular complexity index is 797. The maximum atomic E-state index is 13.9. The average molecular weight is 309 g/mol. The molecule has 0 atom stereocenters. The summed E-state index contributed by atoms with van der Waals surface area (Å²) in [6.07, 6.45) is 1.78. The van der Waals surface area contributed by atoms with E-state index in [1.54, 1.807) is 0 Å². The highest BCUT2D eigenvalue weighted by Gasteiger charge is 2.20. The number of halogens is 2. The first-order chi connectivity index (χ1) is 10.1. The van der Waals surface area contributed by atoms with Crippen LogP contribution in [0.2, 0.25) is 0 Å². The summed E-state index contributed by atoms with van der Waals surface area (Å²) in [4.78, 5) is 4.88. The SMILES string of the molecule is CCCc1nn2c(CO)c(-c3cc(F)ccc3F)nc2s1. The van der Waals surface area contributed by atoms with Gasteiger partial charge in [-0.1, -0.05) is 18.3 Å². The van der Waals surface area contributed by atoms with Gasteiger partial charge in [0.1, 0.15) is 22.3 Å². The van der Waals surface area contributed by atoms with Crippen LogP contribution < -0.4 is 0 Å². The van der Waals surface area contributed by atoms with Crippen molar-refractivity contribution in [2.75, 3.05) is 0 Å². The van der Waals surface area contributed by atoms with Gasteiger partial charge in [-0.2, -0.15) is 5.10 Å². The predicted molar refractivity (Wildman–Crippen MR) is 76.1 cm³/mol. The fourth-order valence-electron chi connectivity index (χ4n) is 2.18. The van der Waals surface area contributed by atoms with E-state index >= 15 is 0 Å². The van der Waals surface area contributed by atoms with Gasteiger partial charge in [-0.3, -0.25) is 0 Å². The molecule has 3 rings (SSSR count). The van der Waals surface area contributed by atoms with Gasteiger partial charge in [0.2, 0.25) is 4.96 Å². The molecule has 0 spiro atoms. The quantitative estimate of drug-likeness (QED) is 0.805. The molecule has 2 aromatic heterocycles. The Labute approximate surface area is 123 Å². The van der Waals surface area contributed by atoms with Crippen LogP contribution in [-0.4, -0.2) is 19.7 Å². The van der Waals surface area contributed by atoms with E-state index < -0.39 is 11.6 Å². The molecule has 4 nitrogen and oxygen atoms in total. The minimum atomic E-state index is -0.578. The monoisotopic (exact) mass is 309 g/mol. The second-order valence-corrected chi connectivity index (χ2v) is 5.67. The third-order valence-corrected chi connectivity index (χ3v) is 4.10. The van der Waals surface area contributed by atoms with Crippen molar-refractivity contribution in [3.05, 3.63) is 40.5 Å². The standard InChI is InChI=1S/C14H13F2N3OS/c1-2-3-12-18-19-11(7-20)13(17-14(19)21-12)9-6-8(15)4-5-10(9)16/h4-6,20H,2-3,7H2,1H3. The molecule has 2 heterocycles. The minimum Gasteiger partial charge on any atom is -0.390 e. The van der Waals surface area contributed by atoms with Crippen LogP contribution in [0.15, 0.2) is 18.2 Å². The van der Waals surface area contributed by atoms with Gasteiger partial charge in [-0.15, -0.1) is 0 Å². The van der Waals surface area contributed by atoms with Gasteiger partial charge < -0.3 is 5.11 Å². The van der Waals surface area contributed by atoms with Crippen molar-refractivity contribution in [2.45, 2.75) is 26.4 Å². The fraction of sp³-hybridized carbons (Fsp3) is 0.286. The molecule has 3 aromatic rings. The highest BCUT2D eigenvalue weighted by molar-refractivity contribution is 7.16. The molecule has 7 heteroatoms. The molecule has 1 N–H and O–H groups in total. The van der Waals surface area contributed by atoms with E-state index in [0.29, 0.717) is 10.7 Å². The predicted octanol–water partition coefficient (Wildman–Crippen LogP) is 3.18. The molecule has 0 saturated heterocycles. The van der Waals surface area contributed by atoms with Crippen LogP contribution in [0, 0.1) is 11.6 Å². The Morgan fingerprint density at radius 3 is 2.86 bits per heavy atom. The Kier molecular flexibility index (Phi) is 3.69. The van der Waals surface area contributed by atoms with Gasteiger partial charge in [-0.05, 0) is 24.6 Å². The number of aromatic nitrogens is 3. The van der Waals surface area contributed by atoms with Crippen LogP contribution in [0.4, 0.5) is 8.78 Å². The van der Waals surface area contributed by atoms with Crippen LogP contribution >= 0.6 is 11.3 Å². The van der Waals surface area contributed by atoms with Gasteiger partial charge in [0.15, 0.2) is 0 Å². The molecule has 0 amide bonds. The molecule has 0 aliphatic carbocycles. The zero-order valence-electron chi connectivity index (χ0n) is 11.3. The highest BCUT2D eigenvalue weighted by Crippen LogP contribution is 2.29. The summed E-state index contributed by atoms with van der Waals surface area (Å²) < 4.78 is 28.7. The number of hydrogen-bond acceptors (Lipinski definition) is 4. The summed E-state index contributed by atoms with van der Waals surface area (Å²) in [5.41, 5.74) is 0.637. The van der Waals surface area contributed by atoms with Gasteiger partial charge in [-0.25, -0.2) is 18.3 Å². The van der Waals surface area contributed by atoms with Crippen LogP contribution in [0.25, 0.3) is 16.2 Å². The first kappa shape index (κ1) is 14.1. The van der Waals surface area contributed by atoms with Crippen LogP contribution in [0.3, 0.4) is 0 Å². The van der Waals surface area contributed by atoms with E-state index in [0.717, 1.165) is 36.0 Å². The number of benzene rings is 1. The summed E-state index contributed by atoms with van der Waals surface area (Å²) in [6, 6.07) is 3.18. The van der Waals surface area contributed by atoms with Gasteiger partial charge in [0, 0.05) is 12.0 Å². The lowest BCUT2D eigenvalue weighted by Crippen LogP contribution is -1.98. The minimum absolute atomic E-state index is 0.0359. The summed E-state index contributed by atoms with van der Waals surface area (Å²) in [5.74, 6) is -1.13. The van der Waals surface area contributed by atoms with E-state index in [2.05, 4.69) is 10.1 Å².